The summed E-state index contributed by atoms with van der Waals surface area (Å²) in [5.41, 5.74) is 0. The lowest BCUT2D eigenvalue weighted by Crippen LogP contribution is -2.52. The second-order valence-electron chi connectivity index (χ2n) is 9.53. The molecule has 0 aromatic heterocycles. The second-order valence-corrected chi connectivity index (χ2v) is 11.5. The van der Waals surface area contributed by atoms with Crippen molar-refractivity contribution in [3.8, 4) is 5.75 Å². The Kier molecular flexibility index (Phi) is 8.75. The van der Waals surface area contributed by atoms with Gasteiger partial charge in [-0.2, -0.15) is 4.31 Å². The number of piperidine rings is 1. The van der Waals surface area contributed by atoms with E-state index in [9.17, 15) is 18.0 Å². The van der Waals surface area contributed by atoms with Crippen molar-refractivity contribution in [2.45, 2.75) is 75.8 Å². The summed E-state index contributed by atoms with van der Waals surface area (Å²) in [6.07, 6.45) is 5.69. The van der Waals surface area contributed by atoms with Gasteiger partial charge in [0.2, 0.25) is 21.8 Å². The van der Waals surface area contributed by atoms with Crippen molar-refractivity contribution in [2.75, 3.05) is 20.2 Å². The normalized spacial score (nSPS) is 19.4. The van der Waals surface area contributed by atoms with Gasteiger partial charge in [-0.3, -0.25) is 9.59 Å². The van der Waals surface area contributed by atoms with Crippen LogP contribution in [0.15, 0.2) is 29.2 Å². The molecule has 0 bridgehead atoms. The largest absolute Gasteiger partial charge is 0.497 e. The molecule has 1 heterocycles. The zero-order valence-electron chi connectivity index (χ0n) is 19.9. The van der Waals surface area contributed by atoms with Crippen LogP contribution in [0, 0.1) is 11.8 Å². The highest BCUT2D eigenvalue weighted by Gasteiger charge is 2.34. The van der Waals surface area contributed by atoms with E-state index in [0.29, 0.717) is 25.0 Å². The van der Waals surface area contributed by atoms with Crippen LogP contribution < -0.4 is 15.4 Å². The van der Waals surface area contributed by atoms with Gasteiger partial charge >= 0.3 is 0 Å². The zero-order chi connectivity index (χ0) is 24.0. The van der Waals surface area contributed by atoms with Crippen molar-refractivity contribution in [1.82, 2.24) is 14.9 Å². The third-order valence-corrected chi connectivity index (χ3v) is 8.48. The maximum Gasteiger partial charge on any atom is 0.243 e. The average Bonchev–Trinajstić information content (AvgIpc) is 3.31. The van der Waals surface area contributed by atoms with Crippen LogP contribution in [0.1, 0.15) is 58.8 Å². The maximum atomic E-state index is 13.0. The smallest absolute Gasteiger partial charge is 0.243 e. The molecule has 1 saturated carbocycles. The molecule has 2 amide bonds. The van der Waals surface area contributed by atoms with Gasteiger partial charge in [0.05, 0.1) is 12.0 Å². The summed E-state index contributed by atoms with van der Waals surface area (Å²) in [6.45, 7) is 4.61. The number of carbonyl (C=O) groups is 2. The number of methoxy groups -OCH3 is 1. The molecule has 1 aliphatic carbocycles. The lowest BCUT2D eigenvalue weighted by Gasteiger charge is -2.31. The van der Waals surface area contributed by atoms with E-state index in [0.717, 1.165) is 25.7 Å². The molecule has 1 aromatic carbocycles. The predicted octanol–water partition coefficient (Wildman–Crippen LogP) is 2.69. The number of amides is 2. The van der Waals surface area contributed by atoms with Crippen LogP contribution in [0.3, 0.4) is 0 Å². The first kappa shape index (κ1) is 25.5. The number of rotatable bonds is 9. The highest BCUT2D eigenvalue weighted by molar-refractivity contribution is 7.89. The minimum Gasteiger partial charge on any atom is -0.497 e. The van der Waals surface area contributed by atoms with Crippen LogP contribution in [0.4, 0.5) is 0 Å². The third kappa shape index (κ3) is 6.69. The summed E-state index contributed by atoms with van der Waals surface area (Å²) in [5, 5.41) is 6.05. The molecule has 8 nitrogen and oxygen atoms in total. The molecule has 0 radical (unpaired) electrons. The van der Waals surface area contributed by atoms with Crippen molar-refractivity contribution in [3.63, 3.8) is 0 Å². The number of sulfonamides is 1. The fourth-order valence-corrected chi connectivity index (χ4v) is 6.09. The molecular formula is C24H37N3O5S. The van der Waals surface area contributed by atoms with Gasteiger partial charge in [-0.25, -0.2) is 8.42 Å². The summed E-state index contributed by atoms with van der Waals surface area (Å²) in [6, 6.07) is 5.96. The van der Waals surface area contributed by atoms with Crippen molar-refractivity contribution >= 4 is 21.8 Å². The molecule has 3 rings (SSSR count). The van der Waals surface area contributed by atoms with E-state index >= 15 is 0 Å². The number of ether oxygens (including phenoxy) is 1. The maximum absolute atomic E-state index is 13.0. The van der Waals surface area contributed by atoms with Gasteiger partial charge < -0.3 is 15.4 Å². The number of nitrogens with one attached hydrogen (secondary N) is 2. The molecule has 1 saturated heterocycles. The fourth-order valence-electron chi connectivity index (χ4n) is 4.62. The molecule has 1 atom stereocenters. The minimum atomic E-state index is -3.62. The Morgan fingerprint density at radius 1 is 1.06 bits per heavy atom. The number of hydrogen-bond acceptors (Lipinski definition) is 5. The van der Waals surface area contributed by atoms with Crippen LogP contribution >= 0.6 is 0 Å². The SMILES string of the molecule is COc1ccc(S(=O)(=O)N2CCC(C(=O)N[C@@H](CC(C)C)C(=O)NC3CCCC3)CC2)cc1. The first-order valence-electron chi connectivity index (χ1n) is 12.0. The van der Waals surface area contributed by atoms with E-state index in [2.05, 4.69) is 10.6 Å². The van der Waals surface area contributed by atoms with Gasteiger partial charge in [-0.1, -0.05) is 26.7 Å². The Morgan fingerprint density at radius 3 is 2.21 bits per heavy atom. The third-order valence-electron chi connectivity index (χ3n) is 6.56. The monoisotopic (exact) mass is 479 g/mol. The number of benzene rings is 1. The van der Waals surface area contributed by atoms with Crippen LogP contribution in [0.5, 0.6) is 5.75 Å². The molecule has 2 N–H and O–H groups in total. The van der Waals surface area contributed by atoms with Crippen LogP contribution in [-0.2, 0) is 19.6 Å². The van der Waals surface area contributed by atoms with Crippen LogP contribution in [0.25, 0.3) is 0 Å². The van der Waals surface area contributed by atoms with Crippen molar-refractivity contribution < 1.29 is 22.7 Å². The van der Waals surface area contributed by atoms with Crippen LogP contribution in [0.2, 0.25) is 0 Å². The topological polar surface area (TPSA) is 105 Å². The predicted molar refractivity (Wildman–Crippen MR) is 126 cm³/mol. The molecule has 2 fully saturated rings. The zero-order valence-corrected chi connectivity index (χ0v) is 20.7. The van der Waals surface area contributed by atoms with Crippen molar-refractivity contribution in [1.29, 1.82) is 0 Å². The van der Waals surface area contributed by atoms with Gasteiger partial charge in [0.15, 0.2) is 0 Å². The first-order chi connectivity index (χ1) is 15.7. The highest BCUT2D eigenvalue weighted by atomic mass is 32.2. The summed E-state index contributed by atoms with van der Waals surface area (Å²) < 4.78 is 32.4. The Bertz CT molecular complexity index is 903. The van der Waals surface area contributed by atoms with Crippen molar-refractivity contribution in [3.05, 3.63) is 24.3 Å². The molecule has 0 spiro atoms. The van der Waals surface area contributed by atoms with E-state index in [1.807, 2.05) is 13.8 Å². The quantitative estimate of drug-likeness (QED) is 0.567. The number of nitrogens with zero attached hydrogens (tertiary/aromatic N) is 1. The Labute approximate surface area is 197 Å². The summed E-state index contributed by atoms with van der Waals surface area (Å²) in [5.74, 6) is 0.284. The van der Waals surface area contributed by atoms with E-state index in [1.165, 1.54) is 23.5 Å². The van der Waals surface area contributed by atoms with Gasteiger partial charge in [-0.15, -0.1) is 0 Å². The molecule has 0 unspecified atom stereocenters. The summed E-state index contributed by atoms with van der Waals surface area (Å²) >= 11 is 0. The molecular weight excluding hydrogens is 442 g/mol. The fraction of sp³-hybridized carbons (Fsp3) is 0.667. The van der Waals surface area contributed by atoms with Crippen molar-refractivity contribution in [2.24, 2.45) is 11.8 Å². The molecule has 184 valence electrons. The molecule has 1 aliphatic heterocycles. The molecule has 33 heavy (non-hydrogen) atoms. The molecule has 2 aliphatic rings. The lowest BCUT2D eigenvalue weighted by atomic mass is 9.95. The Morgan fingerprint density at radius 2 is 1.67 bits per heavy atom. The second kappa shape index (κ2) is 11.3. The number of carbonyl (C=O) groups excluding carboxylic acids is 2. The molecule has 1 aromatic rings. The van der Waals surface area contributed by atoms with E-state index < -0.39 is 16.1 Å². The van der Waals surface area contributed by atoms with E-state index in [1.54, 1.807) is 12.1 Å². The van der Waals surface area contributed by atoms with E-state index in [-0.39, 0.29) is 47.7 Å². The van der Waals surface area contributed by atoms with Gasteiger partial charge in [0.1, 0.15) is 11.8 Å². The van der Waals surface area contributed by atoms with Gasteiger partial charge in [-0.05, 0) is 62.3 Å². The average molecular weight is 480 g/mol. The summed E-state index contributed by atoms with van der Waals surface area (Å²) in [7, 11) is -2.09. The Hall–Kier alpha value is -2.13. The van der Waals surface area contributed by atoms with E-state index in [4.69, 9.17) is 4.74 Å². The minimum absolute atomic E-state index is 0.108. The Balaban J connectivity index is 1.56. The van der Waals surface area contributed by atoms with Gasteiger partial charge in [0.25, 0.3) is 0 Å². The van der Waals surface area contributed by atoms with Gasteiger partial charge in [0, 0.05) is 25.0 Å². The first-order valence-corrected chi connectivity index (χ1v) is 13.4. The standard InChI is InChI=1S/C24H37N3O5S/c1-17(2)16-22(24(29)25-19-6-4-5-7-19)26-23(28)18-12-14-27(15-13-18)33(30,31)21-10-8-20(32-3)9-11-21/h8-11,17-19,22H,4-7,12-16H2,1-3H3,(H,25,29)(H,26,28)/t22-/m0/s1. The lowest BCUT2D eigenvalue weighted by molar-refractivity contribution is -0.132. The summed E-state index contributed by atoms with van der Waals surface area (Å²) in [4.78, 5) is 26.0. The van der Waals surface area contributed by atoms with Crippen LogP contribution in [-0.4, -0.2) is 56.8 Å². The highest BCUT2D eigenvalue weighted by Crippen LogP contribution is 2.25. The number of hydrogen-bond donors (Lipinski definition) is 2. The molecule has 9 heteroatoms.